The van der Waals surface area contributed by atoms with Crippen LogP contribution in [0.5, 0.6) is 5.75 Å². The van der Waals surface area contributed by atoms with Crippen LogP contribution in [-0.4, -0.2) is 26.7 Å². The summed E-state index contributed by atoms with van der Waals surface area (Å²) in [7, 11) is 0. The number of carbonyl (C=O) groups is 1. The van der Waals surface area contributed by atoms with Gasteiger partial charge in [0.1, 0.15) is 5.75 Å². The fraction of sp³-hybridized carbons (Fsp3) is 0.458. The Balaban J connectivity index is 1.36. The number of hydrogen-bond donors (Lipinski definition) is 2. The van der Waals surface area contributed by atoms with Gasteiger partial charge in [-0.2, -0.15) is 0 Å². The molecule has 0 saturated heterocycles. The van der Waals surface area contributed by atoms with E-state index < -0.39 is 0 Å². The Labute approximate surface area is 183 Å². The van der Waals surface area contributed by atoms with E-state index in [1.807, 2.05) is 53.1 Å². The molecule has 1 saturated carbocycles. The van der Waals surface area contributed by atoms with E-state index in [2.05, 4.69) is 34.7 Å². The molecule has 31 heavy (non-hydrogen) atoms. The zero-order valence-corrected chi connectivity index (χ0v) is 18.3. The zero-order valence-electron chi connectivity index (χ0n) is 18.3. The molecule has 0 aliphatic heterocycles. The summed E-state index contributed by atoms with van der Waals surface area (Å²) in [6, 6.07) is 13.3. The van der Waals surface area contributed by atoms with Crippen molar-refractivity contribution >= 4 is 11.7 Å². The van der Waals surface area contributed by atoms with Gasteiger partial charge in [0.05, 0.1) is 12.1 Å². The number of carbonyl (C=O) groups excluding carboxylic acids is 1. The summed E-state index contributed by atoms with van der Waals surface area (Å²) in [5, 5.41) is 14.5. The second-order valence-corrected chi connectivity index (χ2v) is 8.56. The van der Waals surface area contributed by atoms with Gasteiger partial charge in [-0.1, -0.05) is 38.5 Å². The lowest BCUT2D eigenvalue weighted by Gasteiger charge is -2.23. The molecule has 1 aliphatic rings. The number of benzene rings is 1. The molecular weight excluding hydrogens is 390 g/mol. The van der Waals surface area contributed by atoms with Crippen molar-refractivity contribution in [1.29, 1.82) is 0 Å². The Morgan fingerprint density at radius 1 is 1.13 bits per heavy atom. The third kappa shape index (κ3) is 5.34. The van der Waals surface area contributed by atoms with Crippen molar-refractivity contribution in [3.8, 4) is 5.75 Å². The Kier molecular flexibility index (Phi) is 6.70. The summed E-state index contributed by atoms with van der Waals surface area (Å²) in [4.78, 5) is 12.7. The lowest BCUT2D eigenvalue weighted by molar-refractivity contribution is 0.155. The number of pyridine rings is 1. The molecule has 4 rings (SSSR count). The van der Waals surface area contributed by atoms with Crippen molar-refractivity contribution in [2.75, 3.05) is 0 Å². The van der Waals surface area contributed by atoms with Crippen LogP contribution in [0.4, 0.5) is 4.79 Å². The smallest absolute Gasteiger partial charge is 0.315 e. The Morgan fingerprint density at radius 2 is 1.97 bits per heavy atom. The predicted octanol–water partition coefficient (Wildman–Crippen LogP) is 4.64. The van der Waals surface area contributed by atoms with Crippen LogP contribution < -0.4 is 15.4 Å². The van der Waals surface area contributed by atoms with Crippen LogP contribution in [0, 0.1) is 5.92 Å². The molecule has 1 atom stereocenters. The first-order chi connectivity index (χ1) is 15.1. The molecule has 2 N–H and O–H groups in total. The standard InChI is InChI=1S/C24H31N5O2/c1-17(2)22(23-28-27-21-13-6-7-14-29(21)23)26-24(30)25-16-18-9-8-12-20(15-18)31-19-10-4-3-5-11-19/h6-9,12-15,17,19,22H,3-5,10-11,16H2,1-2H3,(H2,25,26,30). The number of ether oxygens (including phenoxy) is 1. The Hall–Kier alpha value is -3.09. The molecule has 3 aromatic rings. The van der Waals surface area contributed by atoms with E-state index in [-0.39, 0.29) is 18.0 Å². The number of rotatable bonds is 7. The predicted molar refractivity (Wildman–Crippen MR) is 120 cm³/mol. The number of nitrogens with zero attached hydrogens (tertiary/aromatic N) is 3. The van der Waals surface area contributed by atoms with Gasteiger partial charge in [-0.15, -0.1) is 10.2 Å². The summed E-state index contributed by atoms with van der Waals surface area (Å²) < 4.78 is 8.06. The minimum absolute atomic E-state index is 0.158. The van der Waals surface area contributed by atoms with E-state index >= 15 is 0 Å². The summed E-state index contributed by atoms with van der Waals surface area (Å²) in [6.45, 7) is 4.54. The summed E-state index contributed by atoms with van der Waals surface area (Å²) in [5.41, 5.74) is 1.78. The number of fused-ring (bicyclic) bond motifs is 1. The molecule has 164 valence electrons. The van der Waals surface area contributed by atoms with Crippen LogP contribution in [0.2, 0.25) is 0 Å². The van der Waals surface area contributed by atoms with E-state index in [0.29, 0.717) is 12.6 Å². The van der Waals surface area contributed by atoms with E-state index in [9.17, 15) is 4.79 Å². The third-order valence-corrected chi connectivity index (χ3v) is 5.78. The zero-order chi connectivity index (χ0) is 21.6. The largest absolute Gasteiger partial charge is 0.490 e. The molecule has 1 aromatic carbocycles. The molecule has 1 unspecified atom stereocenters. The first kappa shape index (κ1) is 21.2. The molecule has 2 heterocycles. The van der Waals surface area contributed by atoms with Gasteiger partial charge < -0.3 is 15.4 Å². The van der Waals surface area contributed by atoms with Crippen LogP contribution in [0.1, 0.15) is 63.4 Å². The Morgan fingerprint density at radius 3 is 2.77 bits per heavy atom. The number of nitrogens with one attached hydrogen (secondary N) is 2. The molecular formula is C24H31N5O2. The van der Waals surface area contributed by atoms with Gasteiger partial charge in [-0.05, 0) is 61.4 Å². The SMILES string of the molecule is CC(C)C(NC(=O)NCc1cccc(OC2CCCCC2)c1)c1nnc2ccccn12. The van der Waals surface area contributed by atoms with E-state index in [4.69, 9.17) is 4.74 Å². The second kappa shape index (κ2) is 9.81. The summed E-state index contributed by atoms with van der Waals surface area (Å²) >= 11 is 0. The maximum atomic E-state index is 12.7. The van der Waals surface area contributed by atoms with Crippen molar-refractivity contribution < 1.29 is 9.53 Å². The van der Waals surface area contributed by atoms with Crippen LogP contribution in [0.25, 0.3) is 5.65 Å². The monoisotopic (exact) mass is 421 g/mol. The highest BCUT2D eigenvalue weighted by Gasteiger charge is 2.23. The van der Waals surface area contributed by atoms with Crippen molar-refractivity contribution in [3.63, 3.8) is 0 Å². The van der Waals surface area contributed by atoms with Crippen molar-refractivity contribution in [1.82, 2.24) is 25.2 Å². The maximum absolute atomic E-state index is 12.7. The number of aromatic nitrogens is 3. The van der Waals surface area contributed by atoms with Crippen LogP contribution >= 0.6 is 0 Å². The van der Waals surface area contributed by atoms with Crippen LogP contribution in [0.15, 0.2) is 48.7 Å². The van der Waals surface area contributed by atoms with Gasteiger partial charge in [-0.3, -0.25) is 4.40 Å². The minimum atomic E-state index is -0.252. The highest BCUT2D eigenvalue weighted by atomic mass is 16.5. The van der Waals surface area contributed by atoms with Crippen molar-refractivity contribution in [2.45, 2.75) is 64.6 Å². The normalized spacial score (nSPS) is 15.7. The Bertz CT molecular complexity index is 1010. The van der Waals surface area contributed by atoms with Crippen LogP contribution in [0.3, 0.4) is 0 Å². The molecule has 7 nitrogen and oxygen atoms in total. The molecule has 1 fully saturated rings. The average molecular weight is 422 g/mol. The number of urea groups is 1. The van der Waals surface area contributed by atoms with E-state index in [1.54, 1.807) is 0 Å². The minimum Gasteiger partial charge on any atom is -0.490 e. The molecule has 0 spiro atoms. The quantitative estimate of drug-likeness (QED) is 0.582. The highest BCUT2D eigenvalue weighted by molar-refractivity contribution is 5.74. The first-order valence-electron chi connectivity index (χ1n) is 11.2. The second-order valence-electron chi connectivity index (χ2n) is 8.56. The van der Waals surface area contributed by atoms with Crippen LogP contribution in [-0.2, 0) is 6.54 Å². The van der Waals surface area contributed by atoms with Crippen molar-refractivity contribution in [2.24, 2.45) is 5.92 Å². The van der Waals surface area contributed by atoms with E-state index in [1.165, 1.54) is 19.3 Å². The highest BCUT2D eigenvalue weighted by Crippen LogP contribution is 2.24. The van der Waals surface area contributed by atoms with E-state index in [0.717, 1.165) is 35.6 Å². The third-order valence-electron chi connectivity index (χ3n) is 5.78. The molecule has 7 heteroatoms. The maximum Gasteiger partial charge on any atom is 0.315 e. The summed E-state index contributed by atoms with van der Waals surface area (Å²) in [6.07, 6.45) is 8.26. The lowest BCUT2D eigenvalue weighted by Crippen LogP contribution is -2.40. The molecule has 2 amide bonds. The topological polar surface area (TPSA) is 80.5 Å². The molecule has 0 bridgehead atoms. The van der Waals surface area contributed by atoms with Gasteiger partial charge >= 0.3 is 6.03 Å². The molecule has 0 radical (unpaired) electrons. The van der Waals surface area contributed by atoms with Gasteiger partial charge in [0, 0.05) is 12.7 Å². The fourth-order valence-corrected chi connectivity index (χ4v) is 4.08. The lowest BCUT2D eigenvalue weighted by atomic mass is 9.98. The number of hydrogen-bond acceptors (Lipinski definition) is 4. The van der Waals surface area contributed by atoms with Gasteiger partial charge in [-0.25, -0.2) is 4.79 Å². The fourth-order valence-electron chi connectivity index (χ4n) is 4.08. The summed E-state index contributed by atoms with van der Waals surface area (Å²) in [5.74, 6) is 1.76. The molecule has 2 aromatic heterocycles. The molecule has 1 aliphatic carbocycles. The van der Waals surface area contributed by atoms with Gasteiger partial charge in [0.15, 0.2) is 11.5 Å². The average Bonchev–Trinajstić information content (AvgIpc) is 3.21. The first-order valence-corrected chi connectivity index (χ1v) is 11.2. The number of amides is 2. The van der Waals surface area contributed by atoms with Gasteiger partial charge in [0.25, 0.3) is 0 Å². The van der Waals surface area contributed by atoms with Gasteiger partial charge in [0.2, 0.25) is 0 Å². The van der Waals surface area contributed by atoms with Crippen molar-refractivity contribution in [3.05, 3.63) is 60.0 Å².